The van der Waals surface area contributed by atoms with Crippen molar-refractivity contribution >= 4 is 29.5 Å². The summed E-state index contributed by atoms with van der Waals surface area (Å²) >= 11 is 6.09. The number of benzene rings is 2. The third-order valence-electron chi connectivity index (χ3n) is 4.38. The first kappa shape index (κ1) is 22.0. The average molecular weight is 442 g/mol. The van der Waals surface area contributed by atoms with Crippen LogP contribution in [0.5, 0.6) is 5.88 Å². The van der Waals surface area contributed by atoms with Crippen molar-refractivity contribution in [3.63, 3.8) is 0 Å². The predicted octanol–water partition coefficient (Wildman–Crippen LogP) is 3.59. The van der Waals surface area contributed by atoms with Crippen LogP contribution >= 0.6 is 11.6 Å². The molecular weight excluding hydrogens is 422 g/mol. The molecule has 1 aromatic heterocycles. The summed E-state index contributed by atoms with van der Waals surface area (Å²) in [6.07, 6.45) is 2.73. The van der Waals surface area contributed by atoms with Crippen molar-refractivity contribution < 1.29 is 14.6 Å². The molecule has 0 aliphatic heterocycles. The van der Waals surface area contributed by atoms with E-state index in [1.54, 1.807) is 36.4 Å². The Kier molecular flexibility index (Phi) is 7.04. The first-order chi connectivity index (χ1) is 14.9. The van der Waals surface area contributed by atoms with E-state index in [0.717, 1.165) is 23.6 Å². The van der Waals surface area contributed by atoms with Gasteiger partial charge in [0, 0.05) is 6.21 Å². The van der Waals surface area contributed by atoms with Crippen LogP contribution in [0, 0.1) is 0 Å². The van der Waals surface area contributed by atoms with Gasteiger partial charge in [-0.2, -0.15) is 0 Å². The van der Waals surface area contributed by atoms with Crippen molar-refractivity contribution in [1.82, 2.24) is 9.55 Å². The van der Waals surface area contributed by atoms with E-state index in [1.165, 1.54) is 12.1 Å². The lowest BCUT2D eigenvalue weighted by atomic mass is 10.2. The zero-order chi connectivity index (χ0) is 22.4. The van der Waals surface area contributed by atoms with Crippen LogP contribution in [0.3, 0.4) is 0 Å². The summed E-state index contributed by atoms with van der Waals surface area (Å²) in [6, 6.07) is 12.8. The van der Waals surface area contributed by atoms with E-state index >= 15 is 0 Å². The Morgan fingerprint density at radius 2 is 1.97 bits per heavy atom. The highest BCUT2D eigenvalue weighted by Crippen LogP contribution is 2.24. The molecule has 160 valence electrons. The number of hydrogen-bond donors (Lipinski definition) is 2. The van der Waals surface area contributed by atoms with Crippen LogP contribution in [-0.4, -0.2) is 33.4 Å². The molecule has 0 unspecified atom stereocenters. The number of esters is 1. The van der Waals surface area contributed by atoms with Gasteiger partial charge in [0.25, 0.3) is 5.56 Å². The lowest BCUT2D eigenvalue weighted by Crippen LogP contribution is -2.31. The molecule has 0 bridgehead atoms. The van der Waals surface area contributed by atoms with E-state index in [1.807, 2.05) is 6.92 Å². The van der Waals surface area contributed by atoms with Gasteiger partial charge in [-0.1, -0.05) is 43.1 Å². The quantitative estimate of drug-likeness (QED) is 0.330. The zero-order valence-electron chi connectivity index (χ0n) is 16.7. The fraction of sp³-hybridized carbons (Fsp3) is 0.182. The van der Waals surface area contributed by atoms with Gasteiger partial charge >= 0.3 is 11.7 Å². The highest BCUT2D eigenvalue weighted by atomic mass is 35.5. The van der Waals surface area contributed by atoms with Crippen LogP contribution in [-0.2, 0) is 4.74 Å². The highest BCUT2D eigenvalue weighted by Gasteiger charge is 2.15. The molecule has 8 nitrogen and oxygen atoms in total. The van der Waals surface area contributed by atoms with Gasteiger partial charge in [-0.3, -0.25) is 14.8 Å². The second kappa shape index (κ2) is 9.90. The number of para-hydroxylation sites is 1. The number of H-pyrrole nitrogens is 1. The first-order valence-electron chi connectivity index (χ1n) is 9.56. The molecule has 0 atom stereocenters. The monoisotopic (exact) mass is 441 g/mol. The molecule has 3 rings (SSSR count). The van der Waals surface area contributed by atoms with Crippen molar-refractivity contribution in [1.29, 1.82) is 0 Å². The number of unbranched alkanes of at least 4 members (excludes halogenated alkanes) is 1. The molecule has 2 N–H and O–H groups in total. The lowest BCUT2D eigenvalue weighted by molar-refractivity contribution is 0.0500. The molecule has 0 fully saturated rings. The second-order valence-electron chi connectivity index (χ2n) is 6.58. The summed E-state index contributed by atoms with van der Waals surface area (Å²) in [5.74, 6) is -1.13. The zero-order valence-corrected chi connectivity index (χ0v) is 17.4. The maximum Gasteiger partial charge on any atom is 0.339 e. The fourth-order valence-corrected chi connectivity index (χ4v) is 2.94. The molecule has 2 aromatic carbocycles. The fourth-order valence-electron chi connectivity index (χ4n) is 2.75. The molecule has 0 aliphatic carbocycles. The van der Waals surface area contributed by atoms with Gasteiger partial charge in [0.05, 0.1) is 28.6 Å². The Morgan fingerprint density at radius 3 is 2.68 bits per heavy atom. The van der Waals surface area contributed by atoms with Gasteiger partial charge in [0.1, 0.15) is 5.56 Å². The number of ether oxygens (including phenoxy) is 1. The standard InChI is InChI=1S/C22H20ClN3O5/c1-2-3-11-31-21(29)16-12-14(9-10-18(16)23)24-13-17-19(27)25-22(30)26(20(17)28)15-7-5-4-6-8-15/h4-10,12-13,28H,2-3,11H2,1H3,(H,25,27,30). The second-order valence-corrected chi connectivity index (χ2v) is 6.99. The molecule has 0 amide bonds. The molecule has 0 radical (unpaired) electrons. The van der Waals surface area contributed by atoms with Gasteiger partial charge in [-0.15, -0.1) is 0 Å². The Hall–Kier alpha value is -3.65. The number of rotatable bonds is 7. The van der Waals surface area contributed by atoms with Crippen molar-refractivity contribution in [3.05, 3.63) is 85.5 Å². The van der Waals surface area contributed by atoms with Crippen LogP contribution < -0.4 is 11.2 Å². The number of nitrogens with zero attached hydrogens (tertiary/aromatic N) is 2. The van der Waals surface area contributed by atoms with Crippen molar-refractivity contribution in [2.24, 2.45) is 4.99 Å². The largest absolute Gasteiger partial charge is 0.493 e. The lowest BCUT2D eigenvalue weighted by Gasteiger charge is -2.09. The minimum absolute atomic E-state index is 0.139. The van der Waals surface area contributed by atoms with Crippen LogP contribution in [0.15, 0.2) is 63.1 Å². The van der Waals surface area contributed by atoms with Gasteiger partial charge < -0.3 is 9.84 Å². The third kappa shape index (κ3) is 5.10. The summed E-state index contributed by atoms with van der Waals surface area (Å²) in [6.45, 7) is 2.26. The number of hydrogen-bond acceptors (Lipinski definition) is 6. The van der Waals surface area contributed by atoms with Gasteiger partial charge in [-0.05, 0) is 36.8 Å². The molecule has 0 spiro atoms. The minimum atomic E-state index is -0.799. The molecule has 0 saturated carbocycles. The van der Waals surface area contributed by atoms with Crippen molar-refractivity contribution in [2.75, 3.05) is 6.61 Å². The summed E-state index contributed by atoms with van der Waals surface area (Å²) in [5.41, 5.74) is -0.978. The SMILES string of the molecule is CCCCOC(=O)c1cc(N=Cc2c(O)n(-c3ccccc3)c(=O)[nH]c2=O)ccc1Cl. The smallest absolute Gasteiger partial charge is 0.339 e. The van der Waals surface area contributed by atoms with Gasteiger partial charge in [0.2, 0.25) is 5.88 Å². The highest BCUT2D eigenvalue weighted by molar-refractivity contribution is 6.33. The maximum atomic E-state index is 12.2. The molecule has 3 aromatic rings. The summed E-state index contributed by atoms with van der Waals surface area (Å²) in [5, 5.41) is 10.8. The Morgan fingerprint density at radius 1 is 1.23 bits per heavy atom. The van der Waals surface area contributed by atoms with Crippen molar-refractivity contribution in [2.45, 2.75) is 19.8 Å². The molecule has 1 heterocycles. The molecule has 0 aliphatic rings. The summed E-state index contributed by atoms with van der Waals surface area (Å²) in [7, 11) is 0. The number of aliphatic imine (C=N–C) groups is 1. The molecule has 9 heteroatoms. The summed E-state index contributed by atoms with van der Waals surface area (Å²) < 4.78 is 6.13. The number of carbonyl (C=O) groups excluding carboxylic acids is 1. The van der Waals surface area contributed by atoms with Gasteiger partial charge in [-0.25, -0.2) is 14.2 Å². The Bertz CT molecular complexity index is 1230. The predicted molar refractivity (Wildman–Crippen MR) is 118 cm³/mol. The number of aromatic hydroxyl groups is 1. The molecule has 0 saturated heterocycles. The van der Waals surface area contributed by atoms with E-state index in [2.05, 4.69) is 9.98 Å². The normalized spacial score (nSPS) is 11.0. The van der Waals surface area contributed by atoms with E-state index in [-0.39, 0.29) is 22.8 Å². The minimum Gasteiger partial charge on any atom is -0.493 e. The molecular formula is C22H20ClN3O5. The van der Waals surface area contributed by atoms with E-state index in [9.17, 15) is 19.5 Å². The maximum absolute atomic E-state index is 12.2. The number of aromatic amines is 1. The number of carbonyl (C=O) groups is 1. The average Bonchev–Trinajstić information content (AvgIpc) is 2.75. The number of halogens is 1. The van der Waals surface area contributed by atoms with Crippen molar-refractivity contribution in [3.8, 4) is 11.6 Å². The van der Waals surface area contributed by atoms with Crippen LogP contribution in [0.1, 0.15) is 35.7 Å². The molecule has 31 heavy (non-hydrogen) atoms. The topological polar surface area (TPSA) is 114 Å². The number of aromatic nitrogens is 2. The number of nitrogens with one attached hydrogen (secondary N) is 1. The van der Waals surface area contributed by atoms with E-state index in [0.29, 0.717) is 11.4 Å². The Labute approximate surface area is 182 Å². The van der Waals surface area contributed by atoms with Crippen LogP contribution in [0.4, 0.5) is 5.69 Å². The third-order valence-corrected chi connectivity index (χ3v) is 4.71. The van der Waals surface area contributed by atoms with E-state index < -0.39 is 23.1 Å². The van der Waals surface area contributed by atoms with Gasteiger partial charge in [0.15, 0.2) is 0 Å². The first-order valence-corrected chi connectivity index (χ1v) is 9.94. The van der Waals surface area contributed by atoms with E-state index in [4.69, 9.17) is 16.3 Å². The van der Waals surface area contributed by atoms with Crippen LogP contribution in [0.2, 0.25) is 5.02 Å². The van der Waals surface area contributed by atoms with Crippen LogP contribution in [0.25, 0.3) is 5.69 Å². The summed E-state index contributed by atoms with van der Waals surface area (Å²) in [4.78, 5) is 43.0. The Balaban J connectivity index is 1.96.